The van der Waals surface area contributed by atoms with Crippen LogP contribution in [0.1, 0.15) is 18.2 Å². The Labute approximate surface area is 109 Å². The summed E-state index contributed by atoms with van der Waals surface area (Å²) < 4.78 is 6.31. The predicted molar refractivity (Wildman–Crippen MR) is 70.9 cm³/mol. The monoisotopic (exact) mass is 294 g/mol. The van der Waals surface area contributed by atoms with Crippen molar-refractivity contribution in [3.63, 3.8) is 0 Å². The van der Waals surface area contributed by atoms with Gasteiger partial charge in [-0.05, 0) is 36.8 Å². The number of halogens is 1. The Morgan fingerprint density at radius 2 is 1.88 bits per heavy atom. The molecule has 0 saturated heterocycles. The number of hydrogen-bond acceptors (Lipinski definition) is 2. The van der Waals surface area contributed by atoms with Crippen molar-refractivity contribution < 1.29 is 9.52 Å². The number of benzene rings is 1. The second-order valence-electron chi connectivity index (χ2n) is 4.56. The maximum atomic E-state index is 10.3. The van der Waals surface area contributed by atoms with Gasteiger partial charge in [0.05, 0.1) is 11.9 Å². The molecule has 2 nitrogen and oxygen atoms in total. The Hall–Kier alpha value is -1.06. The summed E-state index contributed by atoms with van der Waals surface area (Å²) in [7, 11) is 0. The van der Waals surface area contributed by atoms with Gasteiger partial charge in [0.1, 0.15) is 5.76 Å². The number of rotatable bonds is 4. The van der Waals surface area contributed by atoms with E-state index in [1.807, 2.05) is 43.3 Å². The highest BCUT2D eigenvalue weighted by Gasteiger charge is 2.22. The van der Waals surface area contributed by atoms with Crippen LogP contribution in [0.5, 0.6) is 0 Å². The minimum Gasteiger partial charge on any atom is -0.469 e. The molecule has 1 unspecified atom stereocenters. The summed E-state index contributed by atoms with van der Waals surface area (Å²) in [6.45, 7) is 1.83. The van der Waals surface area contributed by atoms with Gasteiger partial charge in [-0.3, -0.25) is 0 Å². The van der Waals surface area contributed by atoms with Crippen molar-refractivity contribution >= 4 is 15.9 Å². The number of furan rings is 1. The molecule has 1 aromatic carbocycles. The first kappa shape index (κ1) is 12.4. The van der Waals surface area contributed by atoms with Crippen LogP contribution in [0.3, 0.4) is 0 Å². The van der Waals surface area contributed by atoms with Crippen molar-refractivity contribution in [2.45, 2.75) is 25.4 Å². The fourth-order valence-corrected chi connectivity index (χ4v) is 2.16. The van der Waals surface area contributed by atoms with Crippen LogP contribution in [-0.4, -0.2) is 10.7 Å². The molecule has 0 bridgehead atoms. The Morgan fingerprint density at radius 3 is 2.47 bits per heavy atom. The van der Waals surface area contributed by atoms with E-state index in [1.54, 1.807) is 6.26 Å². The molecule has 0 fully saturated rings. The van der Waals surface area contributed by atoms with Gasteiger partial charge in [-0.25, -0.2) is 0 Å². The van der Waals surface area contributed by atoms with Gasteiger partial charge in [0.2, 0.25) is 0 Å². The Bertz CT molecular complexity index is 457. The summed E-state index contributed by atoms with van der Waals surface area (Å²) in [5, 5.41) is 10.3. The fourth-order valence-electron chi connectivity index (χ4n) is 1.89. The van der Waals surface area contributed by atoms with E-state index in [0.29, 0.717) is 12.8 Å². The van der Waals surface area contributed by atoms with E-state index in [1.165, 1.54) is 0 Å². The minimum absolute atomic E-state index is 0.524. The maximum absolute atomic E-state index is 10.3. The molecule has 0 aliphatic rings. The summed E-state index contributed by atoms with van der Waals surface area (Å²) in [6, 6.07) is 11.7. The highest BCUT2D eigenvalue weighted by Crippen LogP contribution is 2.20. The normalized spacial score (nSPS) is 14.5. The van der Waals surface area contributed by atoms with Crippen molar-refractivity contribution in [1.29, 1.82) is 0 Å². The smallest absolute Gasteiger partial charge is 0.106 e. The van der Waals surface area contributed by atoms with Crippen molar-refractivity contribution in [3.05, 3.63) is 58.5 Å². The van der Waals surface area contributed by atoms with Crippen LogP contribution in [-0.2, 0) is 12.8 Å². The van der Waals surface area contributed by atoms with Gasteiger partial charge in [-0.1, -0.05) is 28.1 Å². The largest absolute Gasteiger partial charge is 0.469 e. The zero-order chi connectivity index (χ0) is 12.3. The maximum Gasteiger partial charge on any atom is 0.106 e. The quantitative estimate of drug-likeness (QED) is 0.935. The lowest BCUT2D eigenvalue weighted by molar-refractivity contribution is 0.0555. The van der Waals surface area contributed by atoms with Crippen molar-refractivity contribution in [2.75, 3.05) is 0 Å². The fraction of sp³-hybridized carbons (Fsp3) is 0.286. The molecule has 0 saturated carbocycles. The van der Waals surface area contributed by atoms with E-state index in [4.69, 9.17) is 4.42 Å². The number of hydrogen-bond donors (Lipinski definition) is 1. The van der Waals surface area contributed by atoms with Gasteiger partial charge in [0.25, 0.3) is 0 Å². The van der Waals surface area contributed by atoms with Gasteiger partial charge >= 0.3 is 0 Å². The Morgan fingerprint density at radius 1 is 1.18 bits per heavy atom. The van der Waals surface area contributed by atoms with Crippen molar-refractivity contribution in [3.8, 4) is 0 Å². The molecule has 1 atom stereocenters. The highest BCUT2D eigenvalue weighted by atomic mass is 79.9. The Balaban J connectivity index is 2.03. The molecular formula is C14H15BrO2. The standard InChI is InChI=1S/C14H15BrO2/c1-14(16,10-13-3-2-8-17-13)9-11-4-6-12(15)7-5-11/h2-8,16H,9-10H2,1H3. The van der Waals surface area contributed by atoms with Crippen LogP contribution < -0.4 is 0 Å². The summed E-state index contributed by atoms with van der Waals surface area (Å²) in [5.74, 6) is 0.812. The SMILES string of the molecule is CC(O)(Cc1ccc(Br)cc1)Cc1ccco1. The summed E-state index contributed by atoms with van der Waals surface area (Å²) in [4.78, 5) is 0. The molecule has 17 heavy (non-hydrogen) atoms. The van der Waals surface area contributed by atoms with E-state index in [2.05, 4.69) is 15.9 Å². The zero-order valence-corrected chi connectivity index (χ0v) is 11.3. The molecule has 1 aromatic heterocycles. The molecule has 0 aliphatic carbocycles. The molecule has 0 amide bonds. The third-order valence-electron chi connectivity index (χ3n) is 2.63. The van der Waals surface area contributed by atoms with Gasteiger partial charge in [-0.2, -0.15) is 0 Å². The van der Waals surface area contributed by atoms with Gasteiger partial charge in [0, 0.05) is 17.3 Å². The lowest BCUT2D eigenvalue weighted by Crippen LogP contribution is -2.29. The first-order valence-electron chi connectivity index (χ1n) is 5.54. The van der Waals surface area contributed by atoms with E-state index in [0.717, 1.165) is 15.8 Å². The summed E-state index contributed by atoms with van der Waals surface area (Å²) in [5.41, 5.74) is 0.329. The minimum atomic E-state index is -0.786. The first-order chi connectivity index (χ1) is 8.05. The zero-order valence-electron chi connectivity index (χ0n) is 9.69. The molecule has 1 heterocycles. The highest BCUT2D eigenvalue weighted by molar-refractivity contribution is 9.10. The van der Waals surface area contributed by atoms with Gasteiger partial charge in [-0.15, -0.1) is 0 Å². The van der Waals surface area contributed by atoms with E-state index in [-0.39, 0.29) is 0 Å². The van der Waals surface area contributed by atoms with E-state index in [9.17, 15) is 5.11 Å². The average Bonchev–Trinajstić information content (AvgIpc) is 2.73. The predicted octanol–water partition coefficient (Wildman–Crippen LogP) is 3.58. The lowest BCUT2D eigenvalue weighted by Gasteiger charge is -2.22. The second-order valence-corrected chi connectivity index (χ2v) is 5.47. The van der Waals surface area contributed by atoms with Crippen molar-refractivity contribution in [1.82, 2.24) is 0 Å². The molecule has 0 spiro atoms. The Kier molecular flexibility index (Phi) is 3.69. The van der Waals surface area contributed by atoms with E-state index >= 15 is 0 Å². The van der Waals surface area contributed by atoms with Crippen LogP contribution in [0, 0.1) is 0 Å². The van der Waals surface area contributed by atoms with Crippen LogP contribution in [0.4, 0.5) is 0 Å². The second kappa shape index (κ2) is 5.07. The molecule has 0 aliphatic heterocycles. The van der Waals surface area contributed by atoms with Gasteiger partial charge < -0.3 is 9.52 Å². The van der Waals surface area contributed by atoms with Crippen LogP contribution in [0.25, 0.3) is 0 Å². The molecular weight excluding hydrogens is 280 g/mol. The topological polar surface area (TPSA) is 33.4 Å². The third kappa shape index (κ3) is 3.72. The molecule has 3 heteroatoms. The van der Waals surface area contributed by atoms with Crippen molar-refractivity contribution in [2.24, 2.45) is 0 Å². The molecule has 1 N–H and O–H groups in total. The third-order valence-corrected chi connectivity index (χ3v) is 3.16. The summed E-state index contributed by atoms with van der Waals surface area (Å²) in [6.07, 6.45) is 2.77. The van der Waals surface area contributed by atoms with Crippen LogP contribution in [0.15, 0.2) is 51.6 Å². The molecule has 0 radical (unpaired) electrons. The van der Waals surface area contributed by atoms with Crippen LogP contribution >= 0.6 is 15.9 Å². The van der Waals surface area contributed by atoms with Gasteiger partial charge in [0.15, 0.2) is 0 Å². The number of aliphatic hydroxyl groups is 1. The average molecular weight is 295 g/mol. The molecule has 2 rings (SSSR count). The van der Waals surface area contributed by atoms with Crippen LogP contribution in [0.2, 0.25) is 0 Å². The molecule has 90 valence electrons. The van der Waals surface area contributed by atoms with E-state index < -0.39 is 5.60 Å². The molecule has 2 aromatic rings. The summed E-state index contributed by atoms with van der Waals surface area (Å²) >= 11 is 3.40. The lowest BCUT2D eigenvalue weighted by atomic mass is 9.92. The first-order valence-corrected chi connectivity index (χ1v) is 6.34.